The van der Waals surface area contributed by atoms with Crippen LogP contribution in [0.2, 0.25) is 5.02 Å². The zero-order valence-corrected chi connectivity index (χ0v) is 14.7. The second-order valence-electron chi connectivity index (χ2n) is 4.49. The van der Waals surface area contributed by atoms with E-state index in [1.54, 1.807) is 24.3 Å². The predicted octanol–water partition coefficient (Wildman–Crippen LogP) is 6.22. The number of thiocarbonyl (C=S) groups is 1. The van der Waals surface area contributed by atoms with Crippen LogP contribution in [-0.4, -0.2) is 18.7 Å². The van der Waals surface area contributed by atoms with Crippen LogP contribution in [-0.2, 0) is 6.18 Å². The van der Waals surface area contributed by atoms with Gasteiger partial charge in [0.25, 0.3) is 0 Å². The number of aliphatic imine (C=N–C) groups is 1. The van der Waals surface area contributed by atoms with Gasteiger partial charge in [0.2, 0.25) is 0 Å². The minimum atomic E-state index is -4.55. The van der Waals surface area contributed by atoms with Crippen LogP contribution in [0, 0.1) is 0 Å². The minimum Gasteiger partial charge on any atom is -0.497 e. The third kappa shape index (κ3) is 4.72. The number of halogens is 4. The fourth-order valence-corrected chi connectivity index (χ4v) is 3.19. The molecular formula is C16H11ClF3NOS2. The van der Waals surface area contributed by atoms with Gasteiger partial charge >= 0.3 is 6.18 Å². The molecule has 0 spiro atoms. The Bertz CT molecular complexity index is 761. The highest BCUT2D eigenvalue weighted by atomic mass is 35.5. The number of ether oxygens (including phenoxy) is 1. The van der Waals surface area contributed by atoms with Crippen LogP contribution in [0.1, 0.15) is 5.56 Å². The van der Waals surface area contributed by atoms with Gasteiger partial charge in [0.1, 0.15) is 5.75 Å². The largest absolute Gasteiger partial charge is 0.497 e. The molecule has 8 heteroatoms. The molecular weight excluding hydrogens is 379 g/mol. The van der Waals surface area contributed by atoms with E-state index in [2.05, 4.69) is 17.2 Å². The predicted molar refractivity (Wildman–Crippen MR) is 95.4 cm³/mol. The molecule has 0 fully saturated rings. The van der Waals surface area contributed by atoms with Gasteiger partial charge in [-0.15, -0.1) is 0 Å². The van der Waals surface area contributed by atoms with Crippen LogP contribution in [0.5, 0.6) is 5.75 Å². The van der Waals surface area contributed by atoms with Gasteiger partial charge in [0, 0.05) is 21.4 Å². The zero-order valence-electron chi connectivity index (χ0n) is 12.3. The Labute approximate surface area is 151 Å². The topological polar surface area (TPSA) is 21.6 Å². The van der Waals surface area contributed by atoms with Crippen LogP contribution in [0.3, 0.4) is 0 Å². The van der Waals surface area contributed by atoms with Gasteiger partial charge < -0.3 is 4.74 Å². The monoisotopic (exact) mass is 389 g/mol. The Hall–Kier alpha value is -1.57. The van der Waals surface area contributed by atoms with E-state index in [9.17, 15) is 13.2 Å². The average Bonchev–Trinajstić information content (AvgIpc) is 2.54. The van der Waals surface area contributed by atoms with Gasteiger partial charge in [-0.2, -0.15) is 13.2 Å². The zero-order chi connectivity index (χ0) is 17.7. The highest BCUT2D eigenvalue weighted by Gasteiger charge is 2.35. The molecule has 0 aromatic heterocycles. The molecule has 2 nitrogen and oxygen atoms in total. The van der Waals surface area contributed by atoms with E-state index in [1.165, 1.54) is 24.8 Å². The van der Waals surface area contributed by atoms with Crippen molar-refractivity contribution in [1.82, 2.24) is 0 Å². The molecule has 0 saturated heterocycles. The van der Waals surface area contributed by atoms with Crippen molar-refractivity contribution in [3.8, 4) is 5.75 Å². The number of hydrogen-bond donors (Lipinski definition) is 0. The van der Waals surface area contributed by atoms with Gasteiger partial charge in [0.05, 0.1) is 23.4 Å². The molecule has 0 bridgehead atoms. The van der Waals surface area contributed by atoms with Crippen molar-refractivity contribution in [3.05, 3.63) is 47.0 Å². The van der Waals surface area contributed by atoms with Gasteiger partial charge in [-0.1, -0.05) is 35.6 Å². The summed E-state index contributed by atoms with van der Waals surface area (Å²) in [7, 11) is 1.51. The summed E-state index contributed by atoms with van der Waals surface area (Å²) < 4.78 is 45.2. The maximum Gasteiger partial charge on any atom is 0.417 e. The van der Waals surface area contributed by atoms with Crippen LogP contribution in [0.4, 0.5) is 18.9 Å². The van der Waals surface area contributed by atoms with E-state index in [0.29, 0.717) is 10.6 Å². The Morgan fingerprint density at radius 1 is 1.21 bits per heavy atom. The van der Waals surface area contributed by atoms with E-state index in [0.717, 1.165) is 17.8 Å². The van der Waals surface area contributed by atoms with E-state index in [-0.39, 0.29) is 15.6 Å². The summed E-state index contributed by atoms with van der Waals surface area (Å²) >= 11 is 11.6. The first-order chi connectivity index (χ1) is 11.3. The van der Waals surface area contributed by atoms with Crippen molar-refractivity contribution in [1.29, 1.82) is 0 Å². The van der Waals surface area contributed by atoms with Crippen LogP contribution in [0.15, 0.2) is 51.2 Å². The highest BCUT2D eigenvalue weighted by Crippen LogP contribution is 2.45. The van der Waals surface area contributed by atoms with Gasteiger partial charge in [-0.3, -0.25) is 4.99 Å². The van der Waals surface area contributed by atoms with E-state index < -0.39 is 11.7 Å². The molecule has 0 heterocycles. The minimum absolute atomic E-state index is 0.0258. The standard InChI is InChI=1S/C16H11ClF3NOS2/c1-22-11-2-4-12(5-3-11)24-15-13(16(18,19)20)8-10(9-14(15)17)21-6-7-23/h2-9H,1H3. The third-order valence-electron chi connectivity index (χ3n) is 2.90. The molecule has 0 aliphatic heterocycles. The number of nitrogens with zero attached hydrogens (tertiary/aromatic N) is 1. The molecule has 2 aromatic rings. The molecule has 0 atom stereocenters. The fraction of sp³-hybridized carbons (Fsp3) is 0.125. The van der Waals surface area contributed by atoms with E-state index in [4.69, 9.17) is 16.3 Å². The van der Waals surface area contributed by atoms with Gasteiger partial charge in [-0.25, -0.2) is 0 Å². The van der Waals surface area contributed by atoms with Crippen molar-refractivity contribution < 1.29 is 17.9 Å². The smallest absolute Gasteiger partial charge is 0.417 e. The second-order valence-corrected chi connectivity index (χ2v) is 6.26. The molecule has 0 N–H and O–H groups in total. The number of rotatable bonds is 5. The molecule has 0 radical (unpaired) electrons. The molecule has 24 heavy (non-hydrogen) atoms. The van der Waals surface area contributed by atoms with Crippen molar-refractivity contribution in [2.75, 3.05) is 7.11 Å². The SMILES string of the molecule is COc1ccc(Sc2c(Cl)cc(N=CC=S)cc2C(F)(F)F)cc1. The molecule has 126 valence electrons. The summed E-state index contributed by atoms with van der Waals surface area (Å²) in [6.07, 6.45) is -3.32. The Morgan fingerprint density at radius 2 is 1.88 bits per heavy atom. The second kappa shape index (κ2) is 8.00. The lowest BCUT2D eigenvalue weighted by atomic mass is 10.2. The fourth-order valence-electron chi connectivity index (χ4n) is 1.85. The first-order valence-corrected chi connectivity index (χ1v) is 8.22. The molecule has 0 saturated carbocycles. The average molecular weight is 390 g/mol. The number of alkyl halides is 3. The Morgan fingerprint density at radius 3 is 2.42 bits per heavy atom. The van der Waals surface area contributed by atoms with E-state index >= 15 is 0 Å². The maximum atomic E-state index is 13.4. The third-order valence-corrected chi connectivity index (χ3v) is 4.58. The highest BCUT2D eigenvalue weighted by molar-refractivity contribution is 7.99. The summed E-state index contributed by atoms with van der Waals surface area (Å²) in [6, 6.07) is 8.99. The van der Waals surface area contributed by atoms with Crippen LogP contribution in [0.25, 0.3) is 0 Å². The molecule has 0 aliphatic carbocycles. The van der Waals surface area contributed by atoms with E-state index in [1.807, 2.05) is 0 Å². The maximum absolute atomic E-state index is 13.4. The first kappa shape index (κ1) is 18.8. The normalized spacial score (nSPS) is 11.7. The molecule has 2 rings (SSSR count). The van der Waals surface area contributed by atoms with Crippen molar-refractivity contribution in [2.24, 2.45) is 4.99 Å². The van der Waals surface area contributed by atoms with Crippen molar-refractivity contribution in [3.63, 3.8) is 0 Å². The van der Waals surface area contributed by atoms with Gasteiger partial charge in [-0.05, 0) is 36.4 Å². The first-order valence-electron chi connectivity index (χ1n) is 6.55. The molecule has 2 aromatic carbocycles. The molecule has 0 aliphatic rings. The van der Waals surface area contributed by atoms with Crippen molar-refractivity contribution >= 4 is 52.9 Å². The number of benzene rings is 2. The Balaban J connectivity index is 2.46. The summed E-state index contributed by atoms with van der Waals surface area (Å²) in [4.78, 5) is 4.37. The summed E-state index contributed by atoms with van der Waals surface area (Å²) in [5, 5.41) is 1.18. The van der Waals surface area contributed by atoms with Gasteiger partial charge in [0.15, 0.2) is 0 Å². The lowest BCUT2D eigenvalue weighted by molar-refractivity contribution is -0.139. The number of hydrogen-bond acceptors (Lipinski definition) is 4. The van der Waals surface area contributed by atoms with Crippen LogP contribution >= 0.6 is 35.6 Å². The lowest BCUT2D eigenvalue weighted by Gasteiger charge is -2.15. The number of methoxy groups -OCH3 is 1. The van der Waals surface area contributed by atoms with Crippen LogP contribution < -0.4 is 4.74 Å². The summed E-state index contributed by atoms with van der Waals surface area (Å²) in [6.45, 7) is 0. The Kier molecular flexibility index (Phi) is 6.26. The summed E-state index contributed by atoms with van der Waals surface area (Å²) in [5.74, 6) is 0.617. The quantitative estimate of drug-likeness (QED) is 0.447. The molecule has 0 unspecified atom stereocenters. The summed E-state index contributed by atoms with van der Waals surface area (Å²) in [5.41, 5.74) is -0.750. The van der Waals surface area contributed by atoms with Crippen molar-refractivity contribution in [2.45, 2.75) is 16.0 Å². The molecule has 0 amide bonds. The lowest BCUT2D eigenvalue weighted by Crippen LogP contribution is -2.07.